The first-order valence-electron chi connectivity index (χ1n) is 9.28. The second kappa shape index (κ2) is 7.47. The predicted octanol–water partition coefficient (Wildman–Crippen LogP) is 2.96. The van der Waals surface area contributed by atoms with Crippen molar-refractivity contribution in [2.45, 2.75) is 38.0 Å². The van der Waals surface area contributed by atoms with Gasteiger partial charge >= 0.3 is 6.18 Å². The van der Waals surface area contributed by atoms with Gasteiger partial charge in [0.15, 0.2) is 5.82 Å². The summed E-state index contributed by atoms with van der Waals surface area (Å²) in [7, 11) is 2.03. The van der Waals surface area contributed by atoms with Crippen LogP contribution in [0.25, 0.3) is 5.82 Å². The first-order valence-corrected chi connectivity index (χ1v) is 9.28. The summed E-state index contributed by atoms with van der Waals surface area (Å²) in [6.45, 7) is 0.752. The van der Waals surface area contributed by atoms with Crippen LogP contribution in [0.3, 0.4) is 0 Å². The molecular weight excluding hydrogens is 383 g/mol. The molecule has 0 bridgehead atoms. The molecule has 0 saturated carbocycles. The molecule has 152 valence electrons. The number of H-pyrrole nitrogens is 1. The van der Waals surface area contributed by atoms with Crippen LogP contribution in [0.5, 0.6) is 0 Å². The van der Waals surface area contributed by atoms with Gasteiger partial charge in [0.05, 0.1) is 5.56 Å². The maximum absolute atomic E-state index is 12.9. The van der Waals surface area contributed by atoms with Gasteiger partial charge in [0.1, 0.15) is 0 Å². The van der Waals surface area contributed by atoms with Gasteiger partial charge in [0.25, 0.3) is 5.56 Å². The number of halogens is 3. The zero-order valence-corrected chi connectivity index (χ0v) is 15.8. The fourth-order valence-electron chi connectivity index (χ4n) is 3.71. The number of nitrogens with one attached hydrogen (secondary N) is 1. The van der Waals surface area contributed by atoms with Crippen molar-refractivity contribution >= 4 is 0 Å². The van der Waals surface area contributed by atoms with Gasteiger partial charge in [-0.2, -0.15) is 13.2 Å². The van der Waals surface area contributed by atoms with E-state index in [1.54, 1.807) is 12.4 Å². The molecule has 3 heterocycles. The number of nitrogens with zero attached hydrogens (tertiary/aromatic N) is 4. The molecule has 6 nitrogen and oxygen atoms in total. The Kier molecular flexibility index (Phi) is 4.99. The quantitative estimate of drug-likeness (QED) is 0.727. The van der Waals surface area contributed by atoms with Crippen molar-refractivity contribution in [2.24, 2.45) is 0 Å². The van der Waals surface area contributed by atoms with E-state index >= 15 is 0 Å². The molecule has 0 saturated heterocycles. The Labute approximate surface area is 165 Å². The first-order chi connectivity index (χ1) is 13.8. The highest BCUT2D eigenvalue weighted by Gasteiger charge is 2.31. The number of hydrogen-bond acceptors (Lipinski definition) is 4. The Morgan fingerprint density at radius 2 is 2.00 bits per heavy atom. The molecule has 1 N–H and O–H groups in total. The number of aromatic amines is 1. The van der Waals surface area contributed by atoms with Gasteiger partial charge in [-0.25, -0.2) is 9.67 Å². The fraction of sp³-hybridized carbons (Fsp3) is 0.350. The molecule has 0 fully saturated rings. The van der Waals surface area contributed by atoms with E-state index < -0.39 is 11.7 Å². The molecule has 1 atom stereocenters. The Morgan fingerprint density at radius 1 is 1.24 bits per heavy atom. The molecule has 1 aliphatic carbocycles. The summed E-state index contributed by atoms with van der Waals surface area (Å²) in [5.41, 5.74) is 1.54. The minimum atomic E-state index is -4.46. The van der Waals surface area contributed by atoms with Gasteiger partial charge in [-0.05, 0) is 56.1 Å². The largest absolute Gasteiger partial charge is 0.417 e. The summed E-state index contributed by atoms with van der Waals surface area (Å²) in [4.78, 5) is 22.9. The number of fused-ring (bicyclic) bond motifs is 1. The van der Waals surface area contributed by atoms with Crippen molar-refractivity contribution < 1.29 is 13.2 Å². The van der Waals surface area contributed by atoms with Crippen LogP contribution in [-0.4, -0.2) is 37.7 Å². The Balaban J connectivity index is 1.54. The van der Waals surface area contributed by atoms with E-state index in [4.69, 9.17) is 0 Å². The van der Waals surface area contributed by atoms with Gasteiger partial charge in [0.2, 0.25) is 0 Å². The van der Waals surface area contributed by atoms with Crippen LogP contribution in [0.4, 0.5) is 13.2 Å². The number of aromatic nitrogens is 4. The maximum atomic E-state index is 12.9. The van der Waals surface area contributed by atoms with Gasteiger partial charge in [-0.3, -0.25) is 19.8 Å². The van der Waals surface area contributed by atoms with Crippen molar-refractivity contribution in [3.63, 3.8) is 0 Å². The fourth-order valence-corrected chi connectivity index (χ4v) is 3.71. The highest BCUT2D eigenvalue weighted by atomic mass is 19.4. The highest BCUT2D eigenvalue weighted by Crippen LogP contribution is 2.29. The van der Waals surface area contributed by atoms with Crippen LogP contribution in [0.2, 0.25) is 0 Å². The topological polar surface area (TPSA) is 66.8 Å². The molecule has 0 radical (unpaired) electrons. The lowest BCUT2D eigenvalue weighted by Gasteiger charge is -2.30. The van der Waals surface area contributed by atoms with Crippen LogP contribution in [0.15, 0.2) is 47.7 Å². The number of pyridine rings is 2. The van der Waals surface area contributed by atoms with Gasteiger partial charge in [-0.15, -0.1) is 0 Å². The van der Waals surface area contributed by atoms with Crippen molar-refractivity contribution in [3.8, 4) is 5.82 Å². The van der Waals surface area contributed by atoms with E-state index in [9.17, 15) is 18.0 Å². The monoisotopic (exact) mass is 403 g/mol. The maximum Gasteiger partial charge on any atom is 0.417 e. The minimum Gasteiger partial charge on any atom is -0.299 e. The summed E-state index contributed by atoms with van der Waals surface area (Å²) >= 11 is 0. The zero-order chi connectivity index (χ0) is 20.6. The van der Waals surface area contributed by atoms with E-state index in [1.807, 2.05) is 19.2 Å². The summed E-state index contributed by atoms with van der Waals surface area (Å²) in [5.74, 6) is 0.152. The third-order valence-corrected chi connectivity index (χ3v) is 5.35. The smallest absolute Gasteiger partial charge is 0.299 e. The lowest BCUT2D eigenvalue weighted by Crippen LogP contribution is -2.37. The number of alkyl halides is 3. The van der Waals surface area contributed by atoms with Crippen LogP contribution >= 0.6 is 0 Å². The van der Waals surface area contributed by atoms with Crippen LogP contribution in [-0.2, 0) is 25.6 Å². The molecule has 0 aliphatic heterocycles. The van der Waals surface area contributed by atoms with E-state index in [0.29, 0.717) is 18.4 Å². The summed E-state index contributed by atoms with van der Waals surface area (Å²) in [6.07, 6.45) is 1.96. The third kappa shape index (κ3) is 3.95. The lowest BCUT2D eigenvalue weighted by molar-refractivity contribution is -0.137. The van der Waals surface area contributed by atoms with Crippen molar-refractivity contribution in [1.82, 2.24) is 24.6 Å². The highest BCUT2D eigenvalue weighted by molar-refractivity contribution is 5.31. The van der Waals surface area contributed by atoms with Gasteiger partial charge < -0.3 is 0 Å². The molecule has 1 unspecified atom stereocenters. The van der Waals surface area contributed by atoms with Crippen molar-refractivity contribution in [2.75, 3.05) is 7.05 Å². The van der Waals surface area contributed by atoms with Crippen molar-refractivity contribution in [3.05, 3.63) is 75.6 Å². The normalized spacial score (nSPS) is 16.8. The predicted molar refractivity (Wildman–Crippen MR) is 101 cm³/mol. The van der Waals surface area contributed by atoms with Crippen LogP contribution in [0.1, 0.15) is 28.8 Å². The molecule has 9 heteroatoms. The molecular formula is C20H20F3N5O. The SMILES string of the molecule is CN(Cc1ccncc1)C1CCc2[nH]n(-c3ccc(C(F)(F)F)cn3)c(=O)c2C1. The van der Waals surface area contributed by atoms with Crippen LogP contribution < -0.4 is 5.56 Å². The number of hydrogen-bond donors (Lipinski definition) is 1. The second-order valence-corrected chi connectivity index (χ2v) is 7.28. The van der Waals surface area contributed by atoms with Crippen LogP contribution in [0, 0.1) is 0 Å². The summed E-state index contributed by atoms with van der Waals surface area (Å²) in [5, 5.41) is 3.02. The average molecular weight is 403 g/mol. The van der Waals surface area contributed by atoms with E-state index in [2.05, 4.69) is 20.0 Å². The molecule has 29 heavy (non-hydrogen) atoms. The Hall–Kier alpha value is -2.94. The standard InChI is InChI=1S/C20H20F3N5O/c1-27(12-13-6-8-24-9-7-13)15-3-4-17-16(10-15)19(29)28(26-17)18-5-2-14(11-25-18)20(21,22)23/h2,5-9,11,15,26H,3-4,10,12H2,1H3. The van der Waals surface area contributed by atoms with Gasteiger partial charge in [-0.1, -0.05) is 0 Å². The molecule has 1 aliphatic rings. The van der Waals surface area contributed by atoms with Crippen molar-refractivity contribution in [1.29, 1.82) is 0 Å². The number of rotatable bonds is 4. The number of aryl methyl sites for hydroxylation is 1. The van der Waals surface area contributed by atoms with Gasteiger partial charge in [0, 0.05) is 42.4 Å². The minimum absolute atomic E-state index is 0.152. The zero-order valence-electron chi connectivity index (χ0n) is 15.8. The molecule has 0 aromatic carbocycles. The second-order valence-electron chi connectivity index (χ2n) is 7.28. The summed E-state index contributed by atoms with van der Waals surface area (Å²) in [6, 6.07) is 6.27. The van der Waals surface area contributed by atoms with E-state index in [0.717, 1.165) is 36.5 Å². The Morgan fingerprint density at radius 3 is 2.66 bits per heavy atom. The molecule has 3 aromatic heterocycles. The van der Waals surface area contributed by atoms with E-state index in [1.165, 1.54) is 10.7 Å². The number of likely N-dealkylation sites (N-methyl/N-ethyl adjacent to an activating group) is 1. The molecule has 4 rings (SSSR count). The average Bonchev–Trinajstić information content (AvgIpc) is 3.04. The molecule has 0 spiro atoms. The molecule has 0 amide bonds. The third-order valence-electron chi connectivity index (χ3n) is 5.35. The lowest BCUT2D eigenvalue weighted by atomic mass is 9.92. The summed E-state index contributed by atoms with van der Waals surface area (Å²) < 4.78 is 39.4. The molecule has 3 aromatic rings. The van der Waals surface area contributed by atoms with E-state index in [-0.39, 0.29) is 17.4 Å². The first kappa shape index (κ1) is 19.4. The Bertz CT molecular complexity index is 1040.